The molecule has 24 heavy (non-hydrogen) atoms. The minimum atomic E-state index is -0.268. The SMILES string of the molecule is CN(CCCc1cc(-c2cccc(F)c2)n[nH]1)C(=O)C1CSCN1. The van der Waals surface area contributed by atoms with Crippen molar-refractivity contribution in [1.29, 1.82) is 0 Å². The van der Waals surface area contributed by atoms with Crippen LogP contribution in [-0.2, 0) is 11.2 Å². The summed E-state index contributed by atoms with van der Waals surface area (Å²) in [6, 6.07) is 8.29. The highest BCUT2D eigenvalue weighted by atomic mass is 32.2. The first-order valence-corrected chi connectivity index (χ1v) is 9.15. The molecular weight excluding hydrogens is 327 g/mol. The molecule has 1 aliphatic heterocycles. The zero-order valence-electron chi connectivity index (χ0n) is 13.6. The van der Waals surface area contributed by atoms with Crippen LogP contribution in [0.3, 0.4) is 0 Å². The molecule has 1 aromatic carbocycles. The van der Waals surface area contributed by atoms with Gasteiger partial charge >= 0.3 is 0 Å². The first-order valence-electron chi connectivity index (χ1n) is 8.00. The maximum Gasteiger partial charge on any atom is 0.240 e. The number of aromatic nitrogens is 2. The molecule has 1 aliphatic rings. The summed E-state index contributed by atoms with van der Waals surface area (Å²) < 4.78 is 13.3. The summed E-state index contributed by atoms with van der Waals surface area (Å²) in [4.78, 5) is 14.0. The molecule has 7 heteroatoms. The standard InChI is InChI=1S/C17H21FN4OS/c1-22(17(23)16-10-24-11-19-16)7-3-6-14-9-15(21-20-14)12-4-2-5-13(18)8-12/h2,4-5,8-9,16,19H,3,6-7,10-11H2,1H3,(H,20,21). The fourth-order valence-electron chi connectivity index (χ4n) is 2.72. The Morgan fingerprint density at radius 2 is 2.33 bits per heavy atom. The number of nitrogens with one attached hydrogen (secondary N) is 2. The van der Waals surface area contributed by atoms with Crippen LogP contribution in [0.15, 0.2) is 30.3 Å². The van der Waals surface area contributed by atoms with Crippen LogP contribution in [0.1, 0.15) is 12.1 Å². The van der Waals surface area contributed by atoms with Gasteiger partial charge in [-0.1, -0.05) is 12.1 Å². The molecule has 3 rings (SSSR count). The van der Waals surface area contributed by atoms with Crippen LogP contribution in [0.5, 0.6) is 0 Å². The van der Waals surface area contributed by atoms with E-state index in [4.69, 9.17) is 0 Å². The molecule has 0 radical (unpaired) electrons. The second-order valence-corrected chi connectivity index (χ2v) is 6.95. The summed E-state index contributed by atoms with van der Waals surface area (Å²) in [5.41, 5.74) is 2.49. The van der Waals surface area contributed by atoms with E-state index in [2.05, 4.69) is 15.5 Å². The molecule has 1 atom stereocenters. The third-order valence-electron chi connectivity index (χ3n) is 4.08. The summed E-state index contributed by atoms with van der Waals surface area (Å²) >= 11 is 1.75. The van der Waals surface area contributed by atoms with E-state index in [0.29, 0.717) is 6.54 Å². The van der Waals surface area contributed by atoms with Crippen LogP contribution in [0.25, 0.3) is 11.3 Å². The van der Waals surface area contributed by atoms with Crippen molar-refractivity contribution < 1.29 is 9.18 Å². The predicted molar refractivity (Wildman–Crippen MR) is 94.2 cm³/mol. The number of likely N-dealkylation sites (N-methyl/N-ethyl adjacent to an activating group) is 1. The largest absolute Gasteiger partial charge is 0.344 e. The van der Waals surface area contributed by atoms with Gasteiger partial charge in [-0.25, -0.2) is 4.39 Å². The third kappa shape index (κ3) is 4.15. The Balaban J connectivity index is 1.49. The van der Waals surface area contributed by atoms with Gasteiger partial charge in [0.1, 0.15) is 5.82 Å². The number of nitrogens with zero attached hydrogens (tertiary/aromatic N) is 2. The van der Waals surface area contributed by atoms with Crippen molar-refractivity contribution in [2.45, 2.75) is 18.9 Å². The number of aryl methyl sites for hydroxylation is 1. The molecule has 1 unspecified atom stereocenters. The number of halogens is 1. The van der Waals surface area contributed by atoms with Gasteiger partial charge in [0, 0.05) is 36.5 Å². The quantitative estimate of drug-likeness (QED) is 0.841. The van der Waals surface area contributed by atoms with Crippen LogP contribution < -0.4 is 5.32 Å². The first kappa shape index (κ1) is 17.0. The number of H-pyrrole nitrogens is 1. The Morgan fingerprint density at radius 1 is 1.46 bits per heavy atom. The van der Waals surface area contributed by atoms with Crippen LogP contribution >= 0.6 is 11.8 Å². The Labute approximate surface area is 145 Å². The van der Waals surface area contributed by atoms with Gasteiger partial charge in [0.05, 0.1) is 11.7 Å². The highest BCUT2D eigenvalue weighted by molar-refractivity contribution is 7.99. The maximum atomic E-state index is 13.3. The maximum absolute atomic E-state index is 13.3. The molecule has 1 aromatic heterocycles. The fraction of sp³-hybridized carbons (Fsp3) is 0.412. The molecular formula is C17H21FN4OS. The topological polar surface area (TPSA) is 61.0 Å². The second-order valence-electron chi connectivity index (χ2n) is 5.92. The van der Waals surface area contributed by atoms with Crippen molar-refractivity contribution in [3.05, 3.63) is 41.8 Å². The lowest BCUT2D eigenvalue weighted by molar-refractivity contribution is -0.131. The van der Waals surface area contributed by atoms with Crippen LogP contribution in [0.2, 0.25) is 0 Å². The van der Waals surface area contributed by atoms with Gasteiger partial charge in [0.15, 0.2) is 0 Å². The lowest BCUT2D eigenvalue weighted by Crippen LogP contribution is -2.43. The van der Waals surface area contributed by atoms with Gasteiger partial charge in [-0.05, 0) is 31.0 Å². The number of hydrogen-bond acceptors (Lipinski definition) is 4. The van der Waals surface area contributed by atoms with Crippen molar-refractivity contribution in [1.82, 2.24) is 20.4 Å². The van der Waals surface area contributed by atoms with Gasteiger partial charge in [-0.15, -0.1) is 11.8 Å². The highest BCUT2D eigenvalue weighted by Gasteiger charge is 2.24. The number of rotatable bonds is 6. The Kier molecular flexibility index (Phi) is 5.52. The predicted octanol–water partition coefficient (Wildman–Crippen LogP) is 2.27. The number of carbonyl (C=O) groups is 1. The zero-order chi connectivity index (χ0) is 16.9. The van der Waals surface area contributed by atoms with Crippen molar-refractivity contribution in [3.8, 4) is 11.3 Å². The molecule has 0 spiro atoms. The van der Waals surface area contributed by atoms with Crippen LogP contribution in [0, 0.1) is 5.82 Å². The van der Waals surface area contributed by atoms with Crippen LogP contribution in [0.4, 0.5) is 4.39 Å². The molecule has 128 valence electrons. The zero-order valence-corrected chi connectivity index (χ0v) is 14.4. The first-order chi connectivity index (χ1) is 11.6. The van der Waals surface area contributed by atoms with E-state index in [1.54, 1.807) is 22.7 Å². The summed E-state index contributed by atoms with van der Waals surface area (Å²) in [5.74, 6) is 1.59. The number of carbonyl (C=O) groups excluding carboxylic acids is 1. The molecule has 1 amide bonds. The Morgan fingerprint density at radius 3 is 3.08 bits per heavy atom. The van der Waals surface area contributed by atoms with Gasteiger partial charge in [0.2, 0.25) is 5.91 Å². The van der Waals surface area contributed by atoms with Crippen LogP contribution in [-0.4, -0.2) is 52.3 Å². The van der Waals surface area contributed by atoms with Crippen molar-refractivity contribution in [2.24, 2.45) is 0 Å². The lowest BCUT2D eigenvalue weighted by atomic mass is 10.1. The number of hydrogen-bond donors (Lipinski definition) is 2. The average Bonchev–Trinajstić information content (AvgIpc) is 3.26. The monoisotopic (exact) mass is 348 g/mol. The summed E-state index contributed by atoms with van der Waals surface area (Å²) in [6.07, 6.45) is 1.65. The number of amides is 1. The average molecular weight is 348 g/mol. The van der Waals surface area contributed by atoms with Gasteiger partial charge < -0.3 is 4.90 Å². The van der Waals surface area contributed by atoms with Gasteiger partial charge in [0.25, 0.3) is 0 Å². The van der Waals surface area contributed by atoms with E-state index >= 15 is 0 Å². The summed E-state index contributed by atoms with van der Waals surface area (Å²) in [6.45, 7) is 0.704. The Hall–Kier alpha value is -1.86. The number of benzene rings is 1. The van der Waals surface area contributed by atoms with Crippen molar-refractivity contribution in [2.75, 3.05) is 25.2 Å². The fourth-order valence-corrected chi connectivity index (χ4v) is 3.66. The number of thioether (sulfide) groups is 1. The van der Waals surface area contributed by atoms with Crippen molar-refractivity contribution in [3.63, 3.8) is 0 Å². The van der Waals surface area contributed by atoms with E-state index in [9.17, 15) is 9.18 Å². The molecule has 0 bridgehead atoms. The molecule has 1 fully saturated rings. The molecule has 5 nitrogen and oxygen atoms in total. The normalized spacial score (nSPS) is 17.2. The minimum Gasteiger partial charge on any atom is -0.344 e. The highest BCUT2D eigenvalue weighted by Crippen LogP contribution is 2.19. The second kappa shape index (κ2) is 7.81. The molecule has 0 saturated carbocycles. The summed E-state index contributed by atoms with van der Waals surface area (Å²) in [5, 5.41) is 10.4. The van der Waals surface area contributed by atoms with E-state index in [-0.39, 0.29) is 17.8 Å². The van der Waals surface area contributed by atoms with E-state index in [1.807, 2.05) is 19.2 Å². The molecule has 2 heterocycles. The molecule has 2 N–H and O–H groups in total. The lowest BCUT2D eigenvalue weighted by Gasteiger charge is -2.20. The molecule has 0 aliphatic carbocycles. The molecule has 1 saturated heterocycles. The van der Waals surface area contributed by atoms with E-state index < -0.39 is 0 Å². The van der Waals surface area contributed by atoms with Gasteiger partial charge in [-0.3, -0.25) is 15.2 Å². The Bertz CT molecular complexity index is 699. The third-order valence-corrected chi connectivity index (χ3v) is 5.02. The molecule has 2 aromatic rings. The van der Waals surface area contributed by atoms with Crippen molar-refractivity contribution >= 4 is 17.7 Å². The van der Waals surface area contributed by atoms with Gasteiger partial charge in [-0.2, -0.15) is 5.10 Å². The number of aromatic amines is 1. The smallest absolute Gasteiger partial charge is 0.240 e. The van der Waals surface area contributed by atoms with E-state index in [0.717, 1.165) is 41.4 Å². The summed E-state index contributed by atoms with van der Waals surface area (Å²) in [7, 11) is 1.85. The van der Waals surface area contributed by atoms with E-state index in [1.165, 1.54) is 12.1 Å². The minimum absolute atomic E-state index is 0.0493.